The number of fused-ring (bicyclic) bond motifs is 3. The summed E-state index contributed by atoms with van der Waals surface area (Å²) in [6, 6.07) is 7.27. The molecule has 4 aromatic rings. The molecule has 0 saturated heterocycles. The van der Waals surface area contributed by atoms with Gasteiger partial charge in [0.25, 0.3) is 5.91 Å². The summed E-state index contributed by atoms with van der Waals surface area (Å²) in [5.41, 5.74) is 4.60. The van der Waals surface area contributed by atoms with E-state index < -0.39 is 5.95 Å². The van der Waals surface area contributed by atoms with Crippen LogP contribution in [-0.2, 0) is 6.61 Å². The second-order valence-corrected chi connectivity index (χ2v) is 10.6. The Morgan fingerprint density at radius 1 is 1.22 bits per heavy atom. The maximum Gasteiger partial charge on any atom is 0.274 e. The Hall–Kier alpha value is -3.72. The molecule has 36 heavy (non-hydrogen) atoms. The van der Waals surface area contributed by atoms with Crippen molar-refractivity contribution < 1.29 is 18.7 Å². The summed E-state index contributed by atoms with van der Waals surface area (Å²) in [4.78, 5) is 19.1. The zero-order valence-electron chi connectivity index (χ0n) is 21.0. The van der Waals surface area contributed by atoms with Gasteiger partial charge in [0.1, 0.15) is 18.1 Å². The second kappa shape index (κ2) is 8.74. The molecule has 0 N–H and O–H groups in total. The van der Waals surface area contributed by atoms with Crippen molar-refractivity contribution in [1.29, 1.82) is 0 Å². The average Bonchev–Trinajstić information content (AvgIpc) is 3.51. The Morgan fingerprint density at radius 3 is 2.67 bits per heavy atom. The quantitative estimate of drug-likeness (QED) is 0.323. The molecule has 1 aliphatic heterocycles. The van der Waals surface area contributed by atoms with Gasteiger partial charge in [-0.05, 0) is 56.8 Å². The van der Waals surface area contributed by atoms with Crippen LogP contribution in [0.5, 0.6) is 11.5 Å². The molecule has 0 fully saturated rings. The minimum atomic E-state index is -0.593. The summed E-state index contributed by atoms with van der Waals surface area (Å²) < 4.78 is 28.3. The Kier molecular flexibility index (Phi) is 5.83. The SMILES string of the molecule is COc1cc2c(cc1-c1cc(C)cnc1F)-c1c(c(C(=O)N(C)C(C)(C)C)nn1-c1ccsc1)CO2. The van der Waals surface area contributed by atoms with E-state index in [1.807, 2.05) is 50.6 Å². The largest absolute Gasteiger partial charge is 0.496 e. The second-order valence-electron chi connectivity index (χ2n) is 9.79. The molecule has 1 aliphatic rings. The van der Waals surface area contributed by atoms with E-state index in [2.05, 4.69) is 4.98 Å². The first-order valence-corrected chi connectivity index (χ1v) is 12.4. The number of ether oxygens (including phenoxy) is 2. The van der Waals surface area contributed by atoms with E-state index >= 15 is 0 Å². The van der Waals surface area contributed by atoms with E-state index in [1.165, 1.54) is 24.6 Å². The maximum atomic E-state index is 14.8. The van der Waals surface area contributed by atoms with Crippen molar-refractivity contribution in [1.82, 2.24) is 19.7 Å². The third-order valence-electron chi connectivity index (χ3n) is 6.44. The van der Waals surface area contributed by atoms with E-state index in [-0.39, 0.29) is 18.1 Å². The molecule has 0 bridgehead atoms. The fraction of sp³-hybridized carbons (Fsp3) is 0.296. The highest BCUT2D eigenvalue weighted by molar-refractivity contribution is 7.08. The Bertz CT molecular complexity index is 1470. The van der Waals surface area contributed by atoms with Crippen LogP contribution in [0.4, 0.5) is 4.39 Å². The van der Waals surface area contributed by atoms with E-state index in [1.54, 1.807) is 28.8 Å². The Balaban J connectivity index is 1.77. The molecule has 1 amide bonds. The number of pyridine rings is 1. The Morgan fingerprint density at radius 2 is 2.00 bits per heavy atom. The normalized spacial score (nSPS) is 12.5. The summed E-state index contributed by atoms with van der Waals surface area (Å²) in [6.07, 6.45) is 1.49. The fourth-order valence-electron chi connectivity index (χ4n) is 4.20. The fourth-order valence-corrected chi connectivity index (χ4v) is 4.81. The molecule has 0 aliphatic carbocycles. The van der Waals surface area contributed by atoms with Crippen molar-refractivity contribution in [2.75, 3.05) is 14.2 Å². The Labute approximate surface area is 213 Å². The number of thiophene rings is 1. The first-order chi connectivity index (χ1) is 17.1. The molecule has 0 spiro atoms. The zero-order chi connectivity index (χ0) is 25.8. The van der Waals surface area contributed by atoms with Crippen molar-refractivity contribution in [3.63, 3.8) is 0 Å². The van der Waals surface area contributed by atoms with Gasteiger partial charge in [0.2, 0.25) is 5.95 Å². The number of nitrogens with zero attached hydrogens (tertiary/aromatic N) is 4. The van der Waals surface area contributed by atoms with Gasteiger partial charge in [0, 0.05) is 52.5 Å². The van der Waals surface area contributed by atoms with E-state index in [9.17, 15) is 9.18 Å². The molecule has 7 nitrogen and oxygen atoms in total. The van der Waals surface area contributed by atoms with Crippen LogP contribution < -0.4 is 9.47 Å². The number of amides is 1. The first-order valence-electron chi connectivity index (χ1n) is 11.5. The monoisotopic (exact) mass is 506 g/mol. The summed E-state index contributed by atoms with van der Waals surface area (Å²) in [5, 5.41) is 8.71. The maximum absolute atomic E-state index is 14.8. The lowest BCUT2D eigenvalue weighted by Crippen LogP contribution is -2.43. The van der Waals surface area contributed by atoms with Crippen molar-refractivity contribution >= 4 is 17.2 Å². The van der Waals surface area contributed by atoms with Gasteiger partial charge in [0.05, 0.1) is 18.5 Å². The average molecular weight is 507 g/mol. The number of carbonyl (C=O) groups excluding carboxylic acids is 1. The number of rotatable bonds is 4. The summed E-state index contributed by atoms with van der Waals surface area (Å²) in [7, 11) is 3.31. The van der Waals surface area contributed by atoms with Crippen LogP contribution in [0.2, 0.25) is 0 Å². The first kappa shape index (κ1) is 24.0. The number of methoxy groups -OCH3 is 1. The number of halogens is 1. The number of hydrogen-bond acceptors (Lipinski definition) is 6. The number of benzene rings is 1. The summed E-state index contributed by atoms with van der Waals surface area (Å²) in [5.74, 6) is 0.254. The third kappa shape index (κ3) is 3.93. The number of hydrogen-bond donors (Lipinski definition) is 0. The minimum Gasteiger partial charge on any atom is -0.496 e. The van der Waals surface area contributed by atoms with Crippen molar-refractivity contribution in [2.45, 2.75) is 39.8 Å². The van der Waals surface area contributed by atoms with E-state index in [0.717, 1.165) is 16.9 Å². The molecule has 0 saturated carbocycles. The highest BCUT2D eigenvalue weighted by Gasteiger charge is 2.34. The molecule has 0 atom stereocenters. The van der Waals surface area contributed by atoms with E-state index in [0.29, 0.717) is 39.4 Å². The topological polar surface area (TPSA) is 69.5 Å². The molecule has 5 rings (SSSR count). The van der Waals surface area contributed by atoms with Gasteiger partial charge in [-0.15, -0.1) is 0 Å². The van der Waals surface area contributed by atoms with Crippen LogP contribution in [0.1, 0.15) is 42.4 Å². The van der Waals surface area contributed by atoms with E-state index in [4.69, 9.17) is 14.6 Å². The molecular weight excluding hydrogens is 479 g/mol. The van der Waals surface area contributed by atoms with Crippen LogP contribution in [0, 0.1) is 12.9 Å². The molecule has 1 aromatic carbocycles. The predicted molar refractivity (Wildman–Crippen MR) is 138 cm³/mol. The molecule has 0 radical (unpaired) electrons. The molecular formula is C27H27FN4O3S. The van der Waals surface area contributed by atoms with Crippen LogP contribution in [-0.4, -0.2) is 45.3 Å². The number of carbonyl (C=O) groups is 1. The molecule has 186 valence electrons. The minimum absolute atomic E-state index is 0.175. The highest BCUT2D eigenvalue weighted by Crippen LogP contribution is 2.46. The zero-order valence-corrected chi connectivity index (χ0v) is 21.9. The molecule has 0 unspecified atom stereocenters. The van der Waals surface area contributed by atoms with Crippen LogP contribution in [0.15, 0.2) is 41.2 Å². The van der Waals surface area contributed by atoms with Crippen LogP contribution >= 0.6 is 11.3 Å². The lowest BCUT2D eigenvalue weighted by Gasteiger charge is -2.31. The van der Waals surface area contributed by atoms with Gasteiger partial charge >= 0.3 is 0 Å². The van der Waals surface area contributed by atoms with Crippen LogP contribution in [0.3, 0.4) is 0 Å². The van der Waals surface area contributed by atoms with Gasteiger partial charge in [-0.2, -0.15) is 20.8 Å². The summed E-state index contributed by atoms with van der Waals surface area (Å²) >= 11 is 1.54. The molecule has 3 aromatic heterocycles. The third-order valence-corrected chi connectivity index (χ3v) is 7.11. The van der Waals surface area contributed by atoms with Gasteiger partial charge in [0.15, 0.2) is 5.69 Å². The lowest BCUT2D eigenvalue weighted by atomic mass is 9.95. The molecule has 9 heteroatoms. The van der Waals surface area contributed by atoms with Gasteiger partial charge in [-0.3, -0.25) is 4.79 Å². The number of aryl methyl sites for hydroxylation is 1. The summed E-state index contributed by atoms with van der Waals surface area (Å²) in [6.45, 7) is 7.96. The van der Waals surface area contributed by atoms with Gasteiger partial charge in [-0.25, -0.2) is 9.67 Å². The smallest absolute Gasteiger partial charge is 0.274 e. The van der Waals surface area contributed by atoms with Crippen molar-refractivity contribution in [2.24, 2.45) is 0 Å². The standard InChI is InChI=1S/C27H27FN4O3S/c1-15-9-18(25(28)29-12-15)17-10-19-22(11-21(17)34-6)35-13-20-23(26(33)31(5)27(2,3)4)30-32(24(19)20)16-7-8-36-14-16/h7-12,14H,13H2,1-6H3. The predicted octanol–water partition coefficient (Wildman–Crippen LogP) is 5.88. The van der Waals surface area contributed by atoms with Crippen LogP contribution in [0.25, 0.3) is 28.1 Å². The van der Waals surface area contributed by atoms with Gasteiger partial charge < -0.3 is 14.4 Å². The lowest BCUT2D eigenvalue weighted by molar-refractivity contribution is 0.0646. The number of aromatic nitrogens is 3. The highest BCUT2D eigenvalue weighted by atomic mass is 32.1. The van der Waals surface area contributed by atoms with Gasteiger partial charge in [-0.1, -0.05) is 0 Å². The van der Waals surface area contributed by atoms with Crippen molar-refractivity contribution in [3.05, 3.63) is 64.0 Å². The molecule has 4 heterocycles. The van der Waals surface area contributed by atoms with Crippen molar-refractivity contribution in [3.8, 4) is 39.6 Å².